The average molecular weight is 355 g/mol. The van der Waals surface area contributed by atoms with Gasteiger partial charge in [-0.25, -0.2) is 0 Å². The molecule has 2 aromatic carbocycles. The van der Waals surface area contributed by atoms with Gasteiger partial charge in [-0.1, -0.05) is 30.3 Å². The standard InChI is InChI=1S/C21H25NO4/c23-16-6-7-17-19(12-16)26-14-18(20(17)24)22-10-8-21(25,9-11-22)13-15-4-2-1-3-5-15/h1-7,12,18,20,23-25H,8-11,13-14H2/t18-,20+/m0/s1. The summed E-state index contributed by atoms with van der Waals surface area (Å²) in [6.45, 7) is 1.83. The average Bonchev–Trinajstić information content (AvgIpc) is 2.64. The lowest BCUT2D eigenvalue weighted by Gasteiger charge is -2.44. The molecule has 2 heterocycles. The van der Waals surface area contributed by atoms with Crippen LogP contribution in [0.1, 0.15) is 30.1 Å². The van der Waals surface area contributed by atoms with Crippen molar-refractivity contribution in [1.82, 2.24) is 4.90 Å². The Morgan fingerprint density at radius 3 is 2.54 bits per heavy atom. The van der Waals surface area contributed by atoms with Crippen LogP contribution in [0.2, 0.25) is 0 Å². The largest absolute Gasteiger partial charge is 0.508 e. The first-order valence-electron chi connectivity index (χ1n) is 9.18. The Labute approximate surface area is 153 Å². The van der Waals surface area contributed by atoms with Crippen LogP contribution in [0.3, 0.4) is 0 Å². The van der Waals surface area contributed by atoms with Crippen molar-refractivity contribution in [3.05, 3.63) is 59.7 Å². The minimum atomic E-state index is -0.692. The van der Waals surface area contributed by atoms with E-state index in [1.807, 2.05) is 18.2 Å². The summed E-state index contributed by atoms with van der Waals surface area (Å²) >= 11 is 0. The summed E-state index contributed by atoms with van der Waals surface area (Å²) in [5, 5.41) is 31.3. The van der Waals surface area contributed by atoms with Crippen molar-refractivity contribution in [2.24, 2.45) is 0 Å². The van der Waals surface area contributed by atoms with Crippen molar-refractivity contribution in [2.75, 3.05) is 19.7 Å². The minimum Gasteiger partial charge on any atom is -0.508 e. The van der Waals surface area contributed by atoms with E-state index in [9.17, 15) is 15.3 Å². The van der Waals surface area contributed by atoms with Crippen LogP contribution in [0.15, 0.2) is 48.5 Å². The van der Waals surface area contributed by atoms with E-state index >= 15 is 0 Å². The smallest absolute Gasteiger partial charge is 0.128 e. The van der Waals surface area contributed by atoms with Gasteiger partial charge >= 0.3 is 0 Å². The molecule has 0 radical (unpaired) electrons. The quantitative estimate of drug-likeness (QED) is 0.788. The first kappa shape index (κ1) is 17.3. The van der Waals surface area contributed by atoms with Gasteiger partial charge in [-0.3, -0.25) is 4.90 Å². The molecule has 2 atom stereocenters. The molecule has 0 spiro atoms. The van der Waals surface area contributed by atoms with Crippen LogP contribution in [0.25, 0.3) is 0 Å². The molecule has 5 heteroatoms. The fourth-order valence-electron chi connectivity index (χ4n) is 4.10. The summed E-state index contributed by atoms with van der Waals surface area (Å²) in [4.78, 5) is 2.21. The Kier molecular flexibility index (Phi) is 4.61. The lowest BCUT2D eigenvalue weighted by Crippen LogP contribution is -2.53. The van der Waals surface area contributed by atoms with Crippen LogP contribution >= 0.6 is 0 Å². The summed E-state index contributed by atoms with van der Waals surface area (Å²) in [6, 6.07) is 14.8. The van der Waals surface area contributed by atoms with Gasteiger partial charge < -0.3 is 20.1 Å². The summed E-state index contributed by atoms with van der Waals surface area (Å²) in [5.41, 5.74) is 1.17. The van der Waals surface area contributed by atoms with Gasteiger partial charge in [0.25, 0.3) is 0 Å². The van der Waals surface area contributed by atoms with Crippen LogP contribution in [-0.4, -0.2) is 51.6 Å². The van der Waals surface area contributed by atoms with Gasteiger partial charge in [0.2, 0.25) is 0 Å². The second-order valence-corrected chi connectivity index (χ2v) is 7.47. The molecule has 4 rings (SSSR count). The van der Waals surface area contributed by atoms with Crippen molar-refractivity contribution in [1.29, 1.82) is 0 Å². The number of ether oxygens (including phenoxy) is 1. The summed E-state index contributed by atoms with van der Waals surface area (Å²) < 4.78 is 5.76. The Morgan fingerprint density at radius 1 is 1.08 bits per heavy atom. The highest BCUT2D eigenvalue weighted by atomic mass is 16.5. The zero-order valence-electron chi connectivity index (χ0n) is 14.7. The molecule has 0 bridgehead atoms. The number of phenolic OH excluding ortho intramolecular Hbond substituents is 1. The summed E-state index contributed by atoms with van der Waals surface area (Å²) in [6.07, 6.45) is 1.36. The fraction of sp³-hybridized carbons (Fsp3) is 0.429. The van der Waals surface area contributed by atoms with E-state index in [2.05, 4.69) is 17.0 Å². The predicted octanol–water partition coefficient (Wildman–Crippen LogP) is 2.26. The van der Waals surface area contributed by atoms with E-state index < -0.39 is 11.7 Å². The lowest BCUT2D eigenvalue weighted by atomic mass is 9.84. The zero-order valence-corrected chi connectivity index (χ0v) is 14.7. The van der Waals surface area contributed by atoms with Crippen LogP contribution in [0.4, 0.5) is 0 Å². The normalized spacial score (nSPS) is 25.3. The van der Waals surface area contributed by atoms with Gasteiger partial charge in [-0.2, -0.15) is 0 Å². The number of aromatic hydroxyl groups is 1. The SMILES string of the molecule is Oc1ccc2c(c1)OC[C@H](N1CCC(O)(Cc3ccccc3)CC1)[C@@H]2O. The number of hydrogen-bond donors (Lipinski definition) is 3. The van der Waals surface area contributed by atoms with E-state index in [0.717, 1.165) is 18.7 Å². The topological polar surface area (TPSA) is 73.2 Å². The molecular weight excluding hydrogens is 330 g/mol. The summed E-state index contributed by atoms with van der Waals surface area (Å²) in [7, 11) is 0. The predicted molar refractivity (Wildman–Crippen MR) is 98.3 cm³/mol. The molecule has 2 aliphatic heterocycles. The maximum absolute atomic E-state index is 10.9. The molecule has 3 N–H and O–H groups in total. The minimum absolute atomic E-state index is 0.131. The van der Waals surface area contributed by atoms with Crippen LogP contribution in [0.5, 0.6) is 11.5 Å². The molecule has 5 nitrogen and oxygen atoms in total. The van der Waals surface area contributed by atoms with E-state index in [4.69, 9.17) is 4.74 Å². The molecule has 2 aliphatic rings. The third-order valence-electron chi connectivity index (χ3n) is 5.66. The molecule has 138 valence electrons. The molecule has 1 saturated heterocycles. The first-order valence-corrected chi connectivity index (χ1v) is 9.18. The van der Waals surface area contributed by atoms with Crippen molar-refractivity contribution >= 4 is 0 Å². The third-order valence-corrected chi connectivity index (χ3v) is 5.66. The zero-order chi connectivity index (χ0) is 18.1. The van der Waals surface area contributed by atoms with Gasteiger partial charge in [0.1, 0.15) is 24.2 Å². The number of phenols is 1. The molecule has 2 aromatic rings. The second-order valence-electron chi connectivity index (χ2n) is 7.47. The molecular formula is C21H25NO4. The first-order chi connectivity index (χ1) is 12.5. The van der Waals surface area contributed by atoms with Crippen molar-refractivity contribution in [2.45, 2.75) is 37.0 Å². The number of aliphatic hydroxyl groups excluding tert-OH is 1. The fourth-order valence-corrected chi connectivity index (χ4v) is 4.10. The number of aliphatic hydroxyl groups is 2. The Balaban J connectivity index is 1.41. The molecule has 26 heavy (non-hydrogen) atoms. The molecule has 0 aliphatic carbocycles. The van der Waals surface area contributed by atoms with Crippen molar-refractivity contribution in [3.63, 3.8) is 0 Å². The molecule has 1 fully saturated rings. The molecule has 0 amide bonds. The highest BCUT2D eigenvalue weighted by Gasteiger charge is 2.39. The van der Waals surface area contributed by atoms with Crippen LogP contribution in [0, 0.1) is 0 Å². The van der Waals surface area contributed by atoms with E-state index in [1.165, 1.54) is 0 Å². The van der Waals surface area contributed by atoms with Gasteiger partial charge in [0.05, 0.1) is 11.6 Å². The maximum Gasteiger partial charge on any atom is 0.128 e. The van der Waals surface area contributed by atoms with Gasteiger partial charge in [-0.15, -0.1) is 0 Å². The number of piperidine rings is 1. The molecule has 0 saturated carbocycles. The summed E-state index contributed by atoms with van der Waals surface area (Å²) in [5.74, 6) is 0.685. The second kappa shape index (κ2) is 6.91. The third kappa shape index (κ3) is 3.43. The van der Waals surface area contributed by atoms with Crippen LogP contribution < -0.4 is 4.74 Å². The Bertz CT molecular complexity index is 756. The van der Waals surface area contributed by atoms with E-state index in [0.29, 0.717) is 37.2 Å². The number of hydrogen-bond acceptors (Lipinski definition) is 5. The van der Waals surface area contributed by atoms with Crippen LogP contribution in [-0.2, 0) is 6.42 Å². The number of fused-ring (bicyclic) bond motifs is 1. The number of likely N-dealkylation sites (tertiary alicyclic amines) is 1. The highest BCUT2D eigenvalue weighted by Crippen LogP contribution is 2.38. The van der Waals surface area contributed by atoms with E-state index in [1.54, 1.807) is 18.2 Å². The number of nitrogens with zero attached hydrogens (tertiary/aromatic N) is 1. The highest BCUT2D eigenvalue weighted by molar-refractivity contribution is 5.43. The molecule has 0 unspecified atom stereocenters. The number of rotatable bonds is 3. The monoisotopic (exact) mass is 355 g/mol. The maximum atomic E-state index is 10.9. The van der Waals surface area contributed by atoms with Crippen molar-refractivity contribution in [3.8, 4) is 11.5 Å². The van der Waals surface area contributed by atoms with Gasteiger partial charge in [-0.05, 0) is 30.5 Å². The van der Waals surface area contributed by atoms with E-state index in [-0.39, 0.29) is 11.8 Å². The Hall–Kier alpha value is -2.08. The van der Waals surface area contributed by atoms with Crippen molar-refractivity contribution < 1.29 is 20.1 Å². The van der Waals surface area contributed by atoms with Gasteiger partial charge in [0.15, 0.2) is 0 Å². The molecule has 0 aromatic heterocycles. The lowest BCUT2D eigenvalue weighted by molar-refractivity contribution is -0.0627. The number of benzene rings is 2. The Morgan fingerprint density at radius 2 is 1.81 bits per heavy atom. The van der Waals surface area contributed by atoms with Gasteiger partial charge in [0, 0.05) is 31.1 Å².